The molecule has 0 saturated carbocycles. The summed E-state index contributed by atoms with van der Waals surface area (Å²) in [7, 11) is 0. The van der Waals surface area contributed by atoms with Gasteiger partial charge in [0.15, 0.2) is 6.61 Å². The van der Waals surface area contributed by atoms with Gasteiger partial charge in [0, 0.05) is 25.3 Å². The minimum Gasteiger partial charge on any atom is -0.482 e. The molecule has 1 aliphatic rings. The molecule has 1 aromatic carbocycles. The van der Waals surface area contributed by atoms with Crippen LogP contribution in [0.5, 0.6) is 5.75 Å². The highest BCUT2D eigenvalue weighted by molar-refractivity contribution is 5.78. The number of aromatic nitrogens is 2. The van der Waals surface area contributed by atoms with Crippen molar-refractivity contribution in [2.24, 2.45) is 0 Å². The highest BCUT2D eigenvalue weighted by Gasteiger charge is 2.23. The minimum atomic E-state index is -1.04. The number of aliphatic carboxylic acids is 1. The number of fused-ring (bicyclic) bond motifs is 1. The second kappa shape index (κ2) is 8.69. The van der Waals surface area contributed by atoms with E-state index in [4.69, 9.17) is 19.3 Å². The Bertz CT molecular complexity index is 880. The van der Waals surface area contributed by atoms with E-state index in [1.165, 1.54) is 0 Å². The van der Waals surface area contributed by atoms with Crippen LogP contribution in [0.2, 0.25) is 0 Å². The maximum atomic E-state index is 12.1. The number of nitrogens with one attached hydrogen (secondary N) is 1. The first kappa shape index (κ1) is 20.9. The van der Waals surface area contributed by atoms with Crippen LogP contribution in [0.4, 0.5) is 4.79 Å². The van der Waals surface area contributed by atoms with Crippen LogP contribution in [0, 0.1) is 0 Å². The summed E-state index contributed by atoms with van der Waals surface area (Å²) in [5.41, 5.74) is 1.00. The van der Waals surface area contributed by atoms with Gasteiger partial charge in [-0.3, -0.25) is 0 Å². The molecule has 0 radical (unpaired) electrons. The third kappa shape index (κ3) is 5.60. The lowest BCUT2D eigenvalue weighted by atomic mass is 10.1. The van der Waals surface area contributed by atoms with Crippen molar-refractivity contribution in [2.75, 3.05) is 19.8 Å². The molecule has 0 atom stereocenters. The van der Waals surface area contributed by atoms with Gasteiger partial charge in [-0.2, -0.15) is 0 Å². The smallest absolute Gasteiger partial charge is 0.408 e. The number of carbonyl (C=O) groups excluding carboxylic acids is 1. The van der Waals surface area contributed by atoms with Crippen molar-refractivity contribution >= 4 is 23.1 Å². The van der Waals surface area contributed by atoms with Crippen LogP contribution in [0.1, 0.15) is 45.5 Å². The Kier molecular flexibility index (Phi) is 6.26. The second-order valence-corrected chi connectivity index (χ2v) is 7.93. The number of alkyl carbamates (subject to hydrolysis) is 1. The highest BCUT2D eigenvalue weighted by atomic mass is 16.6. The number of imidazole rings is 1. The first-order valence-corrected chi connectivity index (χ1v) is 9.63. The third-order valence-corrected chi connectivity index (χ3v) is 4.44. The van der Waals surface area contributed by atoms with Gasteiger partial charge in [-0.1, -0.05) is 0 Å². The van der Waals surface area contributed by atoms with Crippen molar-refractivity contribution in [3.05, 3.63) is 24.0 Å². The number of hydrogen-bond acceptors (Lipinski definition) is 6. The van der Waals surface area contributed by atoms with Gasteiger partial charge in [-0.05, 0) is 45.7 Å². The van der Waals surface area contributed by atoms with Gasteiger partial charge in [-0.15, -0.1) is 0 Å². The first-order valence-electron chi connectivity index (χ1n) is 9.63. The Hall–Kier alpha value is -2.81. The Balaban J connectivity index is 1.86. The quantitative estimate of drug-likeness (QED) is 0.760. The zero-order valence-corrected chi connectivity index (χ0v) is 16.9. The molecule has 0 spiro atoms. The van der Waals surface area contributed by atoms with Crippen LogP contribution in [-0.2, 0) is 20.8 Å². The Morgan fingerprint density at radius 2 is 2.03 bits per heavy atom. The fraction of sp³-hybridized carbons (Fsp3) is 0.550. The lowest BCUT2D eigenvalue weighted by molar-refractivity contribution is -0.139. The predicted octanol–water partition coefficient (Wildman–Crippen LogP) is 2.88. The molecular weight excluding hydrogens is 378 g/mol. The third-order valence-electron chi connectivity index (χ3n) is 4.44. The summed E-state index contributed by atoms with van der Waals surface area (Å²) in [5, 5.41) is 11.6. The predicted molar refractivity (Wildman–Crippen MR) is 105 cm³/mol. The number of carbonyl (C=O) groups is 2. The Morgan fingerprint density at radius 1 is 1.31 bits per heavy atom. The second-order valence-electron chi connectivity index (χ2n) is 7.93. The van der Waals surface area contributed by atoms with Crippen molar-refractivity contribution in [3.8, 4) is 5.75 Å². The zero-order chi connectivity index (χ0) is 21.0. The van der Waals surface area contributed by atoms with Gasteiger partial charge in [0.05, 0.1) is 17.6 Å². The Labute approximate surface area is 168 Å². The van der Waals surface area contributed by atoms with E-state index in [0.717, 1.165) is 18.4 Å². The summed E-state index contributed by atoms with van der Waals surface area (Å²) in [6.07, 6.45) is 1.19. The number of carboxylic acid groups (broad SMARTS) is 1. The monoisotopic (exact) mass is 405 g/mol. The Morgan fingerprint density at radius 3 is 2.69 bits per heavy atom. The zero-order valence-electron chi connectivity index (χ0n) is 16.9. The van der Waals surface area contributed by atoms with E-state index in [1.807, 2.05) is 26.8 Å². The fourth-order valence-corrected chi connectivity index (χ4v) is 3.30. The van der Waals surface area contributed by atoms with Gasteiger partial charge >= 0.3 is 12.1 Å². The largest absolute Gasteiger partial charge is 0.482 e. The number of hydrogen-bond donors (Lipinski definition) is 2. The van der Waals surface area contributed by atoms with Crippen molar-refractivity contribution in [1.29, 1.82) is 0 Å². The summed E-state index contributed by atoms with van der Waals surface area (Å²) in [6.45, 7) is 6.56. The summed E-state index contributed by atoms with van der Waals surface area (Å²) in [5.74, 6) is 0.0939. The molecule has 9 heteroatoms. The van der Waals surface area contributed by atoms with Gasteiger partial charge in [0.25, 0.3) is 0 Å². The van der Waals surface area contributed by atoms with Crippen molar-refractivity contribution in [1.82, 2.24) is 14.9 Å². The molecule has 1 amide bonds. The van der Waals surface area contributed by atoms with E-state index in [1.54, 1.807) is 12.1 Å². The molecular formula is C20H27N3O6. The average molecular weight is 405 g/mol. The maximum Gasteiger partial charge on any atom is 0.408 e. The number of ether oxygens (including phenoxy) is 3. The molecule has 9 nitrogen and oxygen atoms in total. The van der Waals surface area contributed by atoms with Crippen molar-refractivity contribution in [2.45, 2.75) is 51.8 Å². The standard InChI is InChI=1S/C20H27N3O6/c1-20(2,3)29-19(26)21-11-17-22-15-10-14(28-12-18(24)25)4-5-16(15)23(17)13-6-8-27-9-7-13/h4-5,10,13H,6-9,11-12H2,1-3H3,(H,21,26)(H,24,25). The maximum absolute atomic E-state index is 12.1. The molecule has 29 heavy (non-hydrogen) atoms. The molecule has 1 aromatic heterocycles. The SMILES string of the molecule is CC(C)(C)OC(=O)NCc1nc2cc(OCC(=O)O)ccc2n1C1CCOCC1. The number of carboxylic acids is 1. The molecule has 158 valence electrons. The molecule has 2 N–H and O–H groups in total. The van der Waals surface area contributed by atoms with Crippen LogP contribution in [0.15, 0.2) is 18.2 Å². The van der Waals surface area contributed by atoms with Gasteiger partial charge in [0.2, 0.25) is 0 Å². The van der Waals surface area contributed by atoms with E-state index >= 15 is 0 Å². The summed E-state index contributed by atoms with van der Waals surface area (Å²) < 4.78 is 18.2. The normalized spacial score (nSPS) is 15.3. The van der Waals surface area contributed by atoms with Crippen LogP contribution in [0.25, 0.3) is 11.0 Å². The number of amides is 1. The first-order chi connectivity index (χ1) is 13.7. The fourth-order valence-electron chi connectivity index (χ4n) is 3.30. The number of benzene rings is 1. The molecule has 1 aliphatic heterocycles. The van der Waals surface area contributed by atoms with E-state index in [-0.39, 0.29) is 12.6 Å². The lowest BCUT2D eigenvalue weighted by Crippen LogP contribution is -2.33. The number of nitrogens with zero attached hydrogens (tertiary/aromatic N) is 2. The van der Waals surface area contributed by atoms with E-state index in [0.29, 0.717) is 30.3 Å². The minimum absolute atomic E-state index is 0.204. The summed E-state index contributed by atoms with van der Waals surface area (Å²) in [6, 6.07) is 5.51. The van der Waals surface area contributed by atoms with Gasteiger partial charge in [0.1, 0.15) is 17.2 Å². The molecule has 1 saturated heterocycles. The average Bonchev–Trinajstić information content (AvgIpc) is 3.01. The van der Waals surface area contributed by atoms with Crippen LogP contribution in [-0.4, -0.2) is 52.1 Å². The topological polar surface area (TPSA) is 112 Å². The molecule has 0 aliphatic carbocycles. The molecule has 0 unspecified atom stereocenters. The van der Waals surface area contributed by atoms with Crippen LogP contribution in [0.3, 0.4) is 0 Å². The summed E-state index contributed by atoms with van der Waals surface area (Å²) >= 11 is 0. The van der Waals surface area contributed by atoms with Crippen LogP contribution < -0.4 is 10.1 Å². The number of rotatable bonds is 6. The van der Waals surface area contributed by atoms with Crippen molar-refractivity contribution < 1.29 is 28.9 Å². The summed E-state index contributed by atoms with van der Waals surface area (Å²) in [4.78, 5) is 27.5. The van der Waals surface area contributed by atoms with Gasteiger partial charge in [-0.25, -0.2) is 14.6 Å². The van der Waals surface area contributed by atoms with E-state index < -0.39 is 24.3 Å². The highest BCUT2D eigenvalue weighted by Crippen LogP contribution is 2.30. The van der Waals surface area contributed by atoms with E-state index in [2.05, 4.69) is 14.9 Å². The molecule has 2 aromatic rings. The molecule has 1 fully saturated rings. The van der Waals surface area contributed by atoms with Gasteiger partial charge < -0.3 is 29.2 Å². The lowest BCUT2D eigenvalue weighted by Gasteiger charge is -2.26. The van der Waals surface area contributed by atoms with Crippen molar-refractivity contribution in [3.63, 3.8) is 0 Å². The van der Waals surface area contributed by atoms with Crippen LogP contribution >= 0.6 is 0 Å². The molecule has 3 rings (SSSR count). The molecule has 2 heterocycles. The van der Waals surface area contributed by atoms with E-state index in [9.17, 15) is 9.59 Å². The molecule has 0 bridgehead atoms.